The van der Waals surface area contributed by atoms with E-state index in [1.807, 2.05) is 0 Å². The standard InChI is InChI=1S/C9H8FN3OS/c1-15-9(12-5-11)13-8-4-6(14)2-3-7(8)10/h2-4,14H,1H3,(H,12,13). The molecule has 0 unspecified atom stereocenters. The molecule has 0 aromatic heterocycles. The smallest absolute Gasteiger partial charge is 0.183 e. The third kappa shape index (κ3) is 3.14. The molecule has 1 rings (SSSR count). The van der Waals surface area contributed by atoms with Crippen molar-refractivity contribution in [3.05, 3.63) is 24.0 Å². The second-order valence-corrected chi connectivity index (χ2v) is 3.29. The van der Waals surface area contributed by atoms with E-state index in [9.17, 15) is 4.39 Å². The van der Waals surface area contributed by atoms with Gasteiger partial charge in [-0.3, -0.25) is 5.32 Å². The lowest BCUT2D eigenvalue weighted by atomic mass is 10.3. The number of hydrogen-bond acceptors (Lipinski definition) is 4. The first-order valence-electron chi connectivity index (χ1n) is 3.93. The lowest BCUT2D eigenvalue weighted by molar-refractivity contribution is 0.473. The Hall–Kier alpha value is -1.74. The van der Waals surface area contributed by atoms with Crippen LogP contribution in [0.15, 0.2) is 23.2 Å². The van der Waals surface area contributed by atoms with Gasteiger partial charge in [-0.2, -0.15) is 5.26 Å². The van der Waals surface area contributed by atoms with Gasteiger partial charge in [-0.25, -0.2) is 9.38 Å². The molecule has 15 heavy (non-hydrogen) atoms. The summed E-state index contributed by atoms with van der Waals surface area (Å²) in [5.74, 6) is -0.633. The summed E-state index contributed by atoms with van der Waals surface area (Å²) in [6, 6.07) is 3.52. The summed E-state index contributed by atoms with van der Waals surface area (Å²) in [7, 11) is 0. The predicted molar refractivity (Wildman–Crippen MR) is 57.4 cm³/mol. The number of aromatic hydroxyl groups is 1. The molecule has 0 bridgehead atoms. The second kappa shape index (κ2) is 5.22. The fraction of sp³-hybridized carbons (Fsp3) is 0.111. The van der Waals surface area contributed by atoms with Crippen LogP contribution in [0.25, 0.3) is 0 Å². The molecule has 0 atom stereocenters. The van der Waals surface area contributed by atoms with Gasteiger partial charge in [-0.1, -0.05) is 11.8 Å². The van der Waals surface area contributed by atoms with Gasteiger partial charge in [0.05, 0.1) is 0 Å². The highest BCUT2D eigenvalue weighted by Gasteiger charge is 2.03. The zero-order chi connectivity index (χ0) is 11.3. The topological polar surface area (TPSA) is 68.4 Å². The normalized spacial score (nSPS) is 10.9. The molecule has 0 amide bonds. The number of phenols is 1. The van der Waals surface area contributed by atoms with Gasteiger partial charge in [0.2, 0.25) is 0 Å². The molecule has 6 heteroatoms. The van der Waals surface area contributed by atoms with E-state index in [1.165, 1.54) is 23.9 Å². The fourth-order valence-corrected chi connectivity index (χ4v) is 1.21. The number of halogens is 1. The molecule has 0 saturated carbocycles. The van der Waals surface area contributed by atoms with Crippen LogP contribution >= 0.6 is 11.8 Å². The number of nitrogens with zero attached hydrogens (tertiary/aromatic N) is 2. The molecule has 2 N–H and O–H groups in total. The van der Waals surface area contributed by atoms with E-state index in [0.717, 1.165) is 6.07 Å². The third-order valence-corrected chi connectivity index (χ3v) is 2.09. The van der Waals surface area contributed by atoms with Crippen LogP contribution in [0, 0.1) is 17.3 Å². The van der Waals surface area contributed by atoms with Crippen LogP contribution in [0.3, 0.4) is 0 Å². The molecule has 0 spiro atoms. The van der Waals surface area contributed by atoms with Crippen molar-refractivity contribution in [2.75, 3.05) is 6.26 Å². The van der Waals surface area contributed by atoms with Crippen molar-refractivity contribution in [3.8, 4) is 11.9 Å². The van der Waals surface area contributed by atoms with E-state index in [4.69, 9.17) is 10.4 Å². The first kappa shape index (κ1) is 11.3. The van der Waals surface area contributed by atoms with Crippen LogP contribution in [0.4, 0.5) is 10.1 Å². The molecule has 0 aliphatic heterocycles. The van der Waals surface area contributed by atoms with Crippen LogP contribution < -0.4 is 5.32 Å². The molecule has 0 fully saturated rings. The van der Waals surface area contributed by atoms with E-state index < -0.39 is 5.82 Å². The Morgan fingerprint density at radius 3 is 3.00 bits per heavy atom. The van der Waals surface area contributed by atoms with Crippen LogP contribution in [0.5, 0.6) is 5.75 Å². The average molecular weight is 225 g/mol. The fourth-order valence-electron chi connectivity index (χ4n) is 0.869. The number of nitriles is 1. The number of thioether (sulfide) groups is 1. The Balaban J connectivity index is 3.05. The van der Waals surface area contributed by atoms with Gasteiger partial charge in [0.15, 0.2) is 11.4 Å². The minimum absolute atomic E-state index is 0.0119. The lowest BCUT2D eigenvalue weighted by Crippen LogP contribution is -2.12. The second-order valence-electron chi connectivity index (χ2n) is 2.49. The summed E-state index contributed by atoms with van der Waals surface area (Å²) < 4.78 is 13.2. The maximum absolute atomic E-state index is 13.2. The summed E-state index contributed by atoms with van der Waals surface area (Å²) >= 11 is 1.17. The average Bonchev–Trinajstić information content (AvgIpc) is 2.22. The monoisotopic (exact) mass is 225 g/mol. The Morgan fingerprint density at radius 1 is 1.67 bits per heavy atom. The Labute approximate surface area is 90.4 Å². The van der Waals surface area contributed by atoms with Crippen molar-refractivity contribution in [1.82, 2.24) is 5.32 Å². The number of benzene rings is 1. The zero-order valence-electron chi connectivity index (χ0n) is 7.86. The molecule has 1 aromatic rings. The first-order chi connectivity index (χ1) is 7.17. The SMILES string of the molecule is CSC(=Nc1cc(O)ccc1F)NC#N. The van der Waals surface area contributed by atoms with Gasteiger partial charge >= 0.3 is 0 Å². The Bertz CT molecular complexity index is 428. The van der Waals surface area contributed by atoms with E-state index in [1.54, 1.807) is 12.4 Å². The minimum atomic E-state index is -0.556. The number of aliphatic imine (C=N–C) groups is 1. The van der Waals surface area contributed by atoms with Crippen LogP contribution in [-0.4, -0.2) is 16.5 Å². The highest BCUT2D eigenvalue weighted by atomic mass is 32.2. The summed E-state index contributed by atoms with van der Waals surface area (Å²) in [5.41, 5.74) is -0.0119. The van der Waals surface area contributed by atoms with E-state index >= 15 is 0 Å². The van der Waals surface area contributed by atoms with Crippen molar-refractivity contribution in [2.45, 2.75) is 0 Å². The van der Waals surface area contributed by atoms with Gasteiger partial charge in [-0.05, 0) is 18.4 Å². The molecular weight excluding hydrogens is 217 g/mol. The van der Waals surface area contributed by atoms with Gasteiger partial charge in [-0.15, -0.1) is 0 Å². The Morgan fingerprint density at radius 2 is 2.40 bits per heavy atom. The van der Waals surface area contributed by atoms with Gasteiger partial charge in [0.1, 0.15) is 17.3 Å². The van der Waals surface area contributed by atoms with Crippen molar-refractivity contribution >= 4 is 22.6 Å². The van der Waals surface area contributed by atoms with Crippen LogP contribution in [-0.2, 0) is 0 Å². The molecule has 0 saturated heterocycles. The number of amidine groups is 1. The van der Waals surface area contributed by atoms with Crippen molar-refractivity contribution in [1.29, 1.82) is 5.26 Å². The summed E-state index contributed by atoms with van der Waals surface area (Å²) in [6.07, 6.45) is 3.38. The van der Waals surface area contributed by atoms with E-state index in [2.05, 4.69) is 10.3 Å². The van der Waals surface area contributed by atoms with Crippen molar-refractivity contribution in [3.63, 3.8) is 0 Å². The van der Waals surface area contributed by atoms with Gasteiger partial charge < -0.3 is 5.11 Å². The predicted octanol–water partition coefficient (Wildman–Crippen LogP) is 1.95. The largest absolute Gasteiger partial charge is 0.508 e. The van der Waals surface area contributed by atoms with Gasteiger partial charge in [0.25, 0.3) is 0 Å². The molecular formula is C9H8FN3OS. The van der Waals surface area contributed by atoms with E-state index in [-0.39, 0.29) is 16.6 Å². The first-order valence-corrected chi connectivity index (χ1v) is 5.16. The quantitative estimate of drug-likeness (QED) is 0.332. The number of phenolic OH excluding ortho intramolecular Hbond substituents is 1. The molecule has 78 valence electrons. The highest BCUT2D eigenvalue weighted by molar-refractivity contribution is 8.13. The number of rotatable bonds is 1. The minimum Gasteiger partial charge on any atom is -0.508 e. The summed E-state index contributed by atoms with van der Waals surface area (Å²) in [4.78, 5) is 3.84. The van der Waals surface area contributed by atoms with E-state index in [0.29, 0.717) is 0 Å². The maximum Gasteiger partial charge on any atom is 0.183 e. The van der Waals surface area contributed by atoms with Crippen molar-refractivity contribution < 1.29 is 9.50 Å². The highest BCUT2D eigenvalue weighted by Crippen LogP contribution is 2.23. The Kier molecular flexibility index (Phi) is 3.94. The zero-order valence-corrected chi connectivity index (χ0v) is 8.68. The number of nitrogens with one attached hydrogen (secondary N) is 1. The molecule has 0 heterocycles. The summed E-state index contributed by atoms with van der Waals surface area (Å²) in [6.45, 7) is 0. The molecule has 0 radical (unpaired) electrons. The van der Waals surface area contributed by atoms with Gasteiger partial charge in [0, 0.05) is 6.07 Å². The lowest BCUT2D eigenvalue weighted by Gasteiger charge is -2.01. The summed E-state index contributed by atoms with van der Waals surface area (Å²) in [5, 5.41) is 20.1. The third-order valence-electron chi connectivity index (χ3n) is 1.51. The molecule has 4 nitrogen and oxygen atoms in total. The molecule has 1 aromatic carbocycles. The molecule has 0 aliphatic rings. The van der Waals surface area contributed by atoms with Crippen molar-refractivity contribution in [2.24, 2.45) is 4.99 Å². The van der Waals surface area contributed by atoms with Crippen LogP contribution in [0.2, 0.25) is 0 Å². The maximum atomic E-state index is 13.2. The van der Waals surface area contributed by atoms with Crippen LogP contribution in [0.1, 0.15) is 0 Å². The molecule has 0 aliphatic carbocycles. The number of hydrogen-bond donors (Lipinski definition) is 2.